The molecule has 40 heavy (non-hydrogen) atoms. The molecule has 0 aliphatic heterocycles. The van der Waals surface area contributed by atoms with E-state index in [1.54, 1.807) is 18.9 Å². The smallest absolute Gasteiger partial charge is 0.358 e. The number of nitrogens with zero attached hydrogens (tertiary/aromatic N) is 3. The Labute approximate surface area is 235 Å². The first kappa shape index (κ1) is 29.2. The standard InChI is InChI=1S/C30H41N5O5/c1-18(2)15-23(32-30(39)35(5)21-11-7-6-8-12-21)27(36)31-24(28-33-26(29(37)38)19(3)40-28)16-20-17-34(4)25-14-10-9-13-22(20)25/h9-10,13-14,17-18,21,23-24H,6-8,11-12,15-16H2,1-5H3,(H,31,36)(H,32,39)(H,37,38)/t23-,24+/m0/s1. The minimum Gasteiger partial charge on any atom is -0.476 e. The summed E-state index contributed by atoms with van der Waals surface area (Å²) in [4.78, 5) is 44.6. The van der Waals surface area contributed by atoms with Gasteiger partial charge in [-0.05, 0) is 43.7 Å². The first-order valence-corrected chi connectivity index (χ1v) is 14.1. The molecule has 0 saturated heterocycles. The number of rotatable bonds is 10. The molecular weight excluding hydrogens is 510 g/mol. The molecule has 4 rings (SSSR count). The topological polar surface area (TPSA) is 130 Å². The van der Waals surface area contributed by atoms with E-state index in [-0.39, 0.29) is 41.2 Å². The molecule has 1 aliphatic rings. The van der Waals surface area contributed by atoms with E-state index < -0.39 is 18.1 Å². The molecule has 1 fully saturated rings. The van der Waals surface area contributed by atoms with E-state index in [9.17, 15) is 19.5 Å². The highest BCUT2D eigenvalue weighted by Crippen LogP contribution is 2.27. The van der Waals surface area contributed by atoms with Crippen molar-refractivity contribution in [3.8, 4) is 0 Å². The Bertz CT molecular complexity index is 1350. The molecule has 3 aromatic rings. The maximum absolute atomic E-state index is 13.7. The number of amides is 3. The number of carboxylic acid groups (broad SMARTS) is 1. The second-order valence-corrected chi connectivity index (χ2v) is 11.3. The van der Waals surface area contributed by atoms with Crippen molar-refractivity contribution in [2.24, 2.45) is 13.0 Å². The number of benzene rings is 1. The van der Waals surface area contributed by atoms with Gasteiger partial charge < -0.3 is 29.6 Å². The van der Waals surface area contributed by atoms with Crippen LogP contribution in [0.25, 0.3) is 10.9 Å². The number of oxazole rings is 1. The van der Waals surface area contributed by atoms with Gasteiger partial charge in [-0.25, -0.2) is 14.6 Å². The Hall–Kier alpha value is -3.82. The predicted octanol–water partition coefficient (Wildman–Crippen LogP) is 4.96. The molecule has 0 radical (unpaired) electrons. The lowest BCUT2D eigenvalue weighted by atomic mass is 9.94. The molecule has 0 bridgehead atoms. The predicted molar refractivity (Wildman–Crippen MR) is 152 cm³/mol. The van der Waals surface area contributed by atoms with E-state index in [1.165, 1.54) is 6.42 Å². The summed E-state index contributed by atoms with van der Waals surface area (Å²) in [6.07, 6.45) is 8.08. The number of hydrogen-bond donors (Lipinski definition) is 3. The van der Waals surface area contributed by atoms with Crippen molar-refractivity contribution in [1.82, 2.24) is 25.1 Å². The van der Waals surface area contributed by atoms with Gasteiger partial charge in [0.05, 0.1) is 0 Å². The quantitative estimate of drug-likeness (QED) is 0.327. The van der Waals surface area contributed by atoms with Crippen LogP contribution < -0.4 is 10.6 Å². The second kappa shape index (κ2) is 12.6. The summed E-state index contributed by atoms with van der Waals surface area (Å²) in [6.45, 7) is 5.54. The molecule has 1 aliphatic carbocycles. The van der Waals surface area contributed by atoms with Crippen LogP contribution in [-0.2, 0) is 18.3 Å². The molecule has 3 amide bonds. The molecule has 216 valence electrons. The zero-order valence-electron chi connectivity index (χ0n) is 24.1. The number of hydrogen-bond acceptors (Lipinski definition) is 5. The van der Waals surface area contributed by atoms with Gasteiger partial charge in [0.2, 0.25) is 11.8 Å². The molecule has 3 N–H and O–H groups in total. The summed E-state index contributed by atoms with van der Waals surface area (Å²) >= 11 is 0. The number of nitrogens with one attached hydrogen (secondary N) is 2. The number of urea groups is 1. The number of para-hydroxylation sites is 1. The van der Waals surface area contributed by atoms with Crippen molar-refractivity contribution in [1.29, 1.82) is 0 Å². The summed E-state index contributed by atoms with van der Waals surface area (Å²) < 4.78 is 7.79. The molecule has 0 spiro atoms. The third kappa shape index (κ3) is 6.66. The number of carbonyl (C=O) groups is 3. The Morgan fingerprint density at radius 2 is 1.85 bits per heavy atom. The van der Waals surface area contributed by atoms with Crippen molar-refractivity contribution in [2.45, 2.75) is 83.8 Å². The third-order valence-electron chi connectivity index (χ3n) is 7.80. The molecule has 2 heterocycles. The van der Waals surface area contributed by atoms with E-state index in [4.69, 9.17) is 4.42 Å². The number of carbonyl (C=O) groups excluding carboxylic acids is 2. The Kier molecular flexibility index (Phi) is 9.17. The second-order valence-electron chi connectivity index (χ2n) is 11.3. The lowest BCUT2D eigenvalue weighted by molar-refractivity contribution is -0.124. The molecule has 2 atom stereocenters. The summed E-state index contributed by atoms with van der Waals surface area (Å²) in [6, 6.07) is 6.33. The average Bonchev–Trinajstić information content (AvgIpc) is 3.47. The van der Waals surface area contributed by atoms with Gasteiger partial charge >= 0.3 is 12.0 Å². The van der Waals surface area contributed by atoms with E-state index in [0.29, 0.717) is 12.8 Å². The van der Waals surface area contributed by atoms with Crippen LogP contribution in [0.5, 0.6) is 0 Å². The van der Waals surface area contributed by atoms with Crippen LogP contribution in [-0.4, -0.2) is 56.6 Å². The van der Waals surface area contributed by atoms with Crippen LogP contribution in [0.15, 0.2) is 34.9 Å². The Balaban J connectivity index is 1.60. The molecular formula is C30H41N5O5. The van der Waals surface area contributed by atoms with Gasteiger partial charge in [0, 0.05) is 43.7 Å². The number of aryl methyl sites for hydroxylation is 2. The number of fused-ring (bicyclic) bond motifs is 1. The summed E-state index contributed by atoms with van der Waals surface area (Å²) in [5.74, 6) is -1.13. The van der Waals surface area contributed by atoms with Crippen LogP contribution in [0.4, 0.5) is 4.79 Å². The van der Waals surface area contributed by atoms with Gasteiger partial charge in [-0.15, -0.1) is 0 Å². The Morgan fingerprint density at radius 1 is 1.15 bits per heavy atom. The van der Waals surface area contributed by atoms with Gasteiger partial charge in [-0.3, -0.25) is 4.79 Å². The van der Waals surface area contributed by atoms with Crippen LogP contribution in [0.2, 0.25) is 0 Å². The van der Waals surface area contributed by atoms with Gasteiger partial charge in [0.15, 0.2) is 5.69 Å². The third-order valence-corrected chi connectivity index (χ3v) is 7.80. The molecule has 2 aromatic heterocycles. The number of aromatic carboxylic acids is 1. The monoisotopic (exact) mass is 551 g/mol. The number of aromatic nitrogens is 2. The van der Waals surface area contributed by atoms with Gasteiger partial charge in [-0.2, -0.15) is 0 Å². The lowest BCUT2D eigenvalue weighted by Gasteiger charge is -2.33. The van der Waals surface area contributed by atoms with E-state index in [2.05, 4.69) is 15.6 Å². The van der Waals surface area contributed by atoms with E-state index >= 15 is 0 Å². The van der Waals surface area contributed by atoms with Crippen LogP contribution in [0, 0.1) is 12.8 Å². The van der Waals surface area contributed by atoms with Crippen molar-refractivity contribution in [3.63, 3.8) is 0 Å². The zero-order chi connectivity index (χ0) is 29.0. The van der Waals surface area contributed by atoms with Crippen molar-refractivity contribution in [2.75, 3.05) is 7.05 Å². The first-order valence-electron chi connectivity index (χ1n) is 14.1. The van der Waals surface area contributed by atoms with E-state index in [0.717, 1.165) is 42.1 Å². The highest BCUT2D eigenvalue weighted by molar-refractivity contribution is 5.88. The van der Waals surface area contributed by atoms with Crippen molar-refractivity contribution in [3.05, 3.63) is 53.4 Å². The summed E-state index contributed by atoms with van der Waals surface area (Å²) in [5.41, 5.74) is 1.80. The van der Waals surface area contributed by atoms with Gasteiger partial charge in [0.25, 0.3) is 0 Å². The lowest BCUT2D eigenvalue weighted by Crippen LogP contribution is -2.53. The molecule has 10 heteroatoms. The minimum atomic E-state index is -1.20. The van der Waals surface area contributed by atoms with Crippen molar-refractivity contribution >= 4 is 28.8 Å². The average molecular weight is 552 g/mol. The fourth-order valence-electron chi connectivity index (χ4n) is 5.63. The fourth-order valence-corrected chi connectivity index (χ4v) is 5.63. The SMILES string of the molecule is Cc1oc([C@@H](Cc2cn(C)c3ccccc23)NC(=O)[C@H](CC(C)C)NC(=O)N(C)C2CCCCC2)nc1C(=O)O. The van der Waals surface area contributed by atoms with Crippen LogP contribution in [0.1, 0.15) is 86.1 Å². The zero-order valence-corrected chi connectivity index (χ0v) is 24.1. The summed E-state index contributed by atoms with van der Waals surface area (Å²) in [5, 5.41) is 16.6. The highest BCUT2D eigenvalue weighted by Gasteiger charge is 2.31. The Morgan fingerprint density at radius 3 is 2.50 bits per heavy atom. The maximum Gasteiger partial charge on any atom is 0.358 e. The molecule has 1 saturated carbocycles. The van der Waals surface area contributed by atoms with Crippen LogP contribution >= 0.6 is 0 Å². The molecule has 0 unspecified atom stereocenters. The van der Waals surface area contributed by atoms with E-state index in [1.807, 2.05) is 55.9 Å². The number of carboxylic acids is 1. The van der Waals surface area contributed by atoms with Gasteiger partial charge in [-0.1, -0.05) is 51.3 Å². The molecule has 1 aromatic carbocycles. The molecule has 10 nitrogen and oxygen atoms in total. The highest BCUT2D eigenvalue weighted by atomic mass is 16.4. The normalized spacial score (nSPS) is 15.7. The largest absolute Gasteiger partial charge is 0.476 e. The van der Waals surface area contributed by atoms with Crippen molar-refractivity contribution < 1.29 is 23.9 Å². The maximum atomic E-state index is 13.7. The van der Waals surface area contributed by atoms with Crippen LogP contribution in [0.3, 0.4) is 0 Å². The summed E-state index contributed by atoms with van der Waals surface area (Å²) in [7, 11) is 3.75. The minimum absolute atomic E-state index is 0.116. The van der Waals surface area contributed by atoms with Gasteiger partial charge in [0.1, 0.15) is 17.8 Å². The fraction of sp³-hybridized carbons (Fsp3) is 0.533. The first-order chi connectivity index (χ1) is 19.0.